The Morgan fingerprint density at radius 2 is 1.93 bits per heavy atom. The van der Waals surface area contributed by atoms with Gasteiger partial charge in [0, 0.05) is 15.2 Å². The summed E-state index contributed by atoms with van der Waals surface area (Å²) in [5.41, 5.74) is 0. The summed E-state index contributed by atoms with van der Waals surface area (Å²) in [5, 5.41) is 2.55. The van der Waals surface area contributed by atoms with Gasteiger partial charge in [-0.1, -0.05) is 45.6 Å². The van der Waals surface area contributed by atoms with Crippen molar-refractivity contribution in [2.45, 2.75) is 24.2 Å². The van der Waals surface area contributed by atoms with Gasteiger partial charge in [0.05, 0.1) is 5.02 Å². The first-order valence-electron chi connectivity index (χ1n) is 4.88. The van der Waals surface area contributed by atoms with Crippen LogP contribution < -0.4 is 0 Å². The Morgan fingerprint density at radius 1 is 1.13 bits per heavy atom. The maximum absolute atomic E-state index is 6.06. The molecular formula is C11H13BrCl2S. The van der Waals surface area contributed by atoms with Gasteiger partial charge in [0.1, 0.15) is 0 Å². The molecule has 84 valence electrons. The molecule has 0 radical (unpaired) electrons. The second kappa shape index (κ2) is 7.83. The van der Waals surface area contributed by atoms with E-state index in [0.29, 0.717) is 5.02 Å². The second-order valence-electron chi connectivity index (χ2n) is 3.17. The van der Waals surface area contributed by atoms with Crippen LogP contribution in [-0.4, -0.2) is 11.1 Å². The second-order valence-corrected chi connectivity index (χ2v) is 5.95. The molecule has 1 aromatic rings. The molecule has 0 aliphatic carbocycles. The molecule has 0 unspecified atom stereocenters. The van der Waals surface area contributed by atoms with Gasteiger partial charge in [-0.05, 0) is 36.8 Å². The van der Waals surface area contributed by atoms with Gasteiger partial charge < -0.3 is 0 Å². The van der Waals surface area contributed by atoms with Crippen molar-refractivity contribution in [2.75, 3.05) is 11.1 Å². The van der Waals surface area contributed by atoms with Crippen molar-refractivity contribution >= 4 is 50.9 Å². The molecular weight excluding hydrogens is 315 g/mol. The minimum atomic E-state index is 0.698. The van der Waals surface area contributed by atoms with Crippen molar-refractivity contribution in [3.8, 4) is 0 Å². The zero-order valence-corrected chi connectivity index (χ0v) is 12.2. The van der Waals surface area contributed by atoms with E-state index in [2.05, 4.69) is 15.9 Å². The van der Waals surface area contributed by atoms with Crippen LogP contribution in [-0.2, 0) is 0 Å². The first kappa shape index (κ1) is 13.7. The lowest BCUT2D eigenvalue weighted by atomic mass is 10.3. The lowest BCUT2D eigenvalue weighted by Crippen LogP contribution is -1.83. The van der Waals surface area contributed by atoms with Crippen molar-refractivity contribution in [3.05, 3.63) is 28.2 Å². The molecule has 0 fully saturated rings. The Hall–Kier alpha value is 0.630. The monoisotopic (exact) mass is 326 g/mol. The number of unbranched alkanes of at least 4 members (excludes halogenated alkanes) is 2. The Labute approximate surface area is 114 Å². The molecule has 0 amide bonds. The fraction of sp³-hybridized carbons (Fsp3) is 0.455. The van der Waals surface area contributed by atoms with E-state index in [1.807, 2.05) is 12.1 Å². The van der Waals surface area contributed by atoms with Gasteiger partial charge in [-0.25, -0.2) is 0 Å². The smallest absolute Gasteiger partial charge is 0.0556 e. The third kappa shape index (κ3) is 5.48. The van der Waals surface area contributed by atoms with Crippen molar-refractivity contribution < 1.29 is 0 Å². The van der Waals surface area contributed by atoms with Crippen LogP contribution in [0.15, 0.2) is 23.1 Å². The third-order valence-corrected chi connectivity index (χ3v) is 4.31. The Kier molecular flexibility index (Phi) is 7.15. The molecule has 0 heterocycles. The summed E-state index contributed by atoms with van der Waals surface area (Å²) in [5.74, 6) is 1.12. The molecule has 0 aliphatic rings. The van der Waals surface area contributed by atoms with E-state index < -0.39 is 0 Å². The fourth-order valence-electron chi connectivity index (χ4n) is 1.15. The number of thioether (sulfide) groups is 1. The molecule has 0 nitrogen and oxygen atoms in total. The van der Waals surface area contributed by atoms with Crippen LogP contribution in [0.3, 0.4) is 0 Å². The lowest BCUT2D eigenvalue weighted by molar-refractivity contribution is 0.788. The van der Waals surface area contributed by atoms with E-state index in [9.17, 15) is 0 Å². The zero-order valence-electron chi connectivity index (χ0n) is 8.31. The van der Waals surface area contributed by atoms with Crippen LogP contribution in [0.2, 0.25) is 10.0 Å². The highest BCUT2D eigenvalue weighted by Gasteiger charge is 2.01. The maximum atomic E-state index is 6.06. The highest BCUT2D eigenvalue weighted by atomic mass is 79.9. The molecule has 4 heteroatoms. The number of hydrogen-bond acceptors (Lipinski definition) is 1. The van der Waals surface area contributed by atoms with E-state index in [0.717, 1.165) is 21.0 Å². The molecule has 0 atom stereocenters. The van der Waals surface area contributed by atoms with E-state index in [1.54, 1.807) is 17.8 Å². The first-order valence-corrected chi connectivity index (χ1v) is 7.74. The van der Waals surface area contributed by atoms with Gasteiger partial charge in [0.15, 0.2) is 0 Å². The van der Waals surface area contributed by atoms with Crippen LogP contribution >= 0.6 is 50.9 Å². The summed E-state index contributed by atoms with van der Waals surface area (Å²) in [6.45, 7) is 0. The Balaban J connectivity index is 2.31. The minimum absolute atomic E-state index is 0.698. The zero-order chi connectivity index (χ0) is 11.1. The number of rotatable bonds is 6. The molecule has 0 saturated heterocycles. The molecule has 1 rings (SSSR count). The molecule has 0 saturated carbocycles. The van der Waals surface area contributed by atoms with E-state index >= 15 is 0 Å². The summed E-state index contributed by atoms with van der Waals surface area (Å²) in [6.07, 6.45) is 3.74. The molecule has 0 aliphatic heterocycles. The highest BCUT2D eigenvalue weighted by Crippen LogP contribution is 2.30. The van der Waals surface area contributed by atoms with Gasteiger partial charge in [-0.2, -0.15) is 0 Å². The average Bonchev–Trinajstić information content (AvgIpc) is 2.20. The van der Waals surface area contributed by atoms with Gasteiger partial charge >= 0.3 is 0 Å². The lowest BCUT2D eigenvalue weighted by Gasteiger charge is -2.04. The Bertz CT molecular complexity index is 305. The van der Waals surface area contributed by atoms with Gasteiger partial charge in [-0.15, -0.1) is 11.8 Å². The quantitative estimate of drug-likeness (QED) is 0.369. The van der Waals surface area contributed by atoms with Crippen LogP contribution in [0.4, 0.5) is 0 Å². The molecule has 0 aromatic heterocycles. The fourth-order valence-corrected chi connectivity index (χ4v) is 3.05. The van der Waals surface area contributed by atoms with Crippen LogP contribution in [0, 0.1) is 0 Å². The SMILES string of the molecule is Clc1ccc(SCCCCCBr)c(Cl)c1. The van der Waals surface area contributed by atoms with Gasteiger partial charge in [-0.3, -0.25) is 0 Å². The molecule has 0 bridgehead atoms. The van der Waals surface area contributed by atoms with E-state index in [-0.39, 0.29) is 0 Å². The summed E-state index contributed by atoms with van der Waals surface area (Å²) in [6, 6.07) is 5.66. The standard InChI is InChI=1S/C11H13BrCl2S/c12-6-2-1-3-7-15-11-5-4-9(13)8-10(11)14/h4-5,8H,1-3,6-7H2. The summed E-state index contributed by atoms with van der Waals surface area (Å²) >= 11 is 17.1. The topological polar surface area (TPSA) is 0 Å². The minimum Gasteiger partial charge on any atom is -0.125 e. The summed E-state index contributed by atoms with van der Waals surface area (Å²) in [4.78, 5) is 1.12. The van der Waals surface area contributed by atoms with Crippen molar-refractivity contribution in [3.63, 3.8) is 0 Å². The predicted octanol–water partition coefficient (Wildman–Crippen LogP) is 5.65. The van der Waals surface area contributed by atoms with Crippen LogP contribution in [0.25, 0.3) is 0 Å². The van der Waals surface area contributed by atoms with Crippen molar-refractivity contribution in [1.29, 1.82) is 0 Å². The average molecular weight is 328 g/mol. The number of benzene rings is 1. The third-order valence-electron chi connectivity index (χ3n) is 1.93. The normalized spacial score (nSPS) is 10.6. The van der Waals surface area contributed by atoms with Gasteiger partial charge in [0.25, 0.3) is 0 Å². The van der Waals surface area contributed by atoms with Gasteiger partial charge in [0.2, 0.25) is 0 Å². The number of halogens is 3. The molecule has 1 aromatic carbocycles. The first-order chi connectivity index (χ1) is 7.24. The number of hydrogen-bond donors (Lipinski definition) is 0. The molecule has 15 heavy (non-hydrogen) atoms. The highest BCUT2D eigenvalue weighted by molar-refractivity contribution is 9.09. The van der Waals surface area contributed by atoms with Crippen molar-refractivity contribution in [1.82, 2.24) is 0 Å². The molecule has 0 N–H and O–H groups in total. The largest absolute Gasteiger partial charge is 0.125 e. The maximum Gasteiger partial charge on any atom is 0.0556 e. The van der Waals surface area contributed by atoms with E-state index in [4.69, 9.17) is 23.2 Å². The summed E-state index contributed by atoms with van der Waals surface area (Å²) in [7, 11) is 0. The predicted molar refractivity (Wildman–Crippen MR) is 74.8 cm³/mol. The van der Waals surface area contributed by atoms with E-state index in [1.165, 1.54) is 19.3 Å². The Morgan fingerprint density at radius 3 is 2.60 bits per heavy atom. The summed E-state index contributed by atoms with van der Waals surface area (Å²) < 4.78 is 0. The van der Waals surface area contributed by atoms with Crippen LogP contribution in [0.5, 0.6) is 0 Å². The number of alkyl halides is 1. The van der Waals surface area contributed by atoms with Crippen molar-refractivity contribution in [2.24, 2.45) is 0 Å². The van der Waals surface area contributed by atoms with Crippen LogP contribution in [0.1, 0.15) is 19.3 Å². The molecule has 0 spiro atoms.